The molecule has 0 aliphatic carbocycles. The van der Waals surface area contributed by atoms with E-state index >= 15 is 0 Å². The molecule has 4 nitrogen and oxygen atoms in total. The van der Waals surface area contributed by atoms with Gasteiger partial charge in [-0.2, -0.15) is 0 Å². The SMILES string of the molecule is CO[Si](CCCSSSN)(OC)OC. The first-order chi connectivity index (χ1) is 6.74. The minimum atomic E-state index is -2.34. The smallest absolute Gasteiger partial charge is 0.377 e. The summed E-state index contributed by atoms with van der Waals surface area (Å²) >= 11 is 0. The van der Waals surface area contributed by atoms with Crippen LogP contribution in [0.1, 0.15) is 6.42 Å². The number of nitrogens with two attached hydrogens (primary N) is 1. The summed E-state index contributed by atoms with van der Waals surface area (Å²) in [7, 11) is 7.16. The van der Waals surface area contributed by atoms with Crippen molar-refractivity contribution in [1.82, 2.24) is 0 Å². The Kier molecular flexibility index (Phi) is 10.1. The molecular formula is C6H17NO3S3Si. The predicted octanol–water partition coefficient (Wildman–Crippen LogP) is 2.16. The monoisotopic (exact) mass is 275 g/mol. The van der Waals surface area contributed by atoms with Crippen LogP contribution in [-0.2, 0) is 13.3 Å². The van der Waals surface area contributed by atoms with Gasteiger partial charge in [0, 0.05) is 33.1 Å². The van der Waals surface area contributed by atoms with Crippen LogP contribution in [0.25, 0.3) is 0 Å². The molecule has 0 bridgehead atoms. The molecule has 0 aromatic heterocycles. The maximum Gasteiger partial charge on any atom is 0.500 e. The molecule has 0 heterocycles. The van der Waals surface area contributed by atoms with Crippen molar-refractivity contribution in [3.63, 3.8) is 0 Å². The first-order valence-electron chi connectivity index (χ1n) is 4.05. The van der Waals surface area contributed by atoms with Gasteiger partial charge < -0.3 is 13.3 Å². The third-order valence-electron chi connectivity index (χ3n) is 1.73. The summed E-state index contributed by atoms with van der Waals surface area (Å²) in [5.41, 5.74) is 0. The van der Waals surface area contributed by atoms with Crippen LogP contribution < -0.4 is 5.14 Å². The van der Waals surface area contributed by atoms with Gasteiger partial charge in [0.1, 0.15) is 0 Å². The van der Waals surface area contributed by atoms with E-state index in [1.807, 2.05) is 0 Å². The Morgan fingerprint density at radius 3 is 2.14 bits per heavy atom. The van der Waals surface area contributed by atoms with Crippen molar-refractivity contribution in [2.75, 3.05) is 27.1 Å². The van der Waals surface area contributed by atoms with Crippen LogP contribution >= 0.6 is 31.6 Å². The van der Waals surface area contributed by atoms with Gasteiger partial charge in [-0.25, -0.2) is 0 Å². The first kappa shape index (κ1) is 15.1. The Labute approximate surface area is 98.3 Å². The molecule has 0 radical (unpaired) electrons. The third-order valence-corrected chi connectivity index (χ3v) is 7.79. The van der Waals surface area contributed by atoms with Gasteiger partial charge in [-0.1, -0.05) is 10.8 Å². The number of hydrogen-bond donors (Lipinski definition) is 1. The summed E-state index contributed by atoms with van der Waals surface area (Å²) in [6.07, 6.45) is 1.01. The zero-order valence-corrected chi connectivity index (χ0v) is 12.1. The van der Waals surface area contributed by atoms with Crippen molar-refractivity contribution in [3.8, 4) is 0 Å². The highest BCUT2D eigenvalue weighted by molar-refractivity contribution is 9.09. The maximum atomic E-state index is 5.29. The topological polar surface area (TPSA) is 53.7 Å². The molecule has 0 aromatic carbocycles. The van der Waals surface area contributed by atoms with Crippen molar-refractivity contribution in [2.45, 2.75) is 12.5 Å². The van der Waals surface area contributed by atoms with E-state index in [2.05, 4.69) is 0 Å². The molecule has 86 valence electrons. The molecule has 2 N–H and O–H groups in total. The Balaban J connectivity index is 3.61. The molecule has 0 aliphatic heterocycles. The summed E-state index contributed by atoms with van der Waals surface area (Å²) in [5.74, 6) is 1.03. The number of hydrogen-bond acceptors (Lipinski definition) is 7. The Bertz CT molecular complexity index is 131. The molecule has 0 saturated heterocycles. The van der Waals surface area contributed by atoms with Crippen LogP contribution in [0, 0.1) is 0 Å². The van der Waals surface area contributed by atoms with Gasteiger partial charge in [-0.3, -0.25) is 5.14 Å². The molecule has 0 aromatic rings. The van der Waals surface area contributed by atoms with Crippen molar-refractivity contribution >= 4 is 40.4 Å². The Hall–Kier alpha value is 1.11. The van der Waals surface area contributed by atoms with E-state index in [9.17, 15) is 0 Å². The van der Waals surface area contributed by atoms with E-state index in [4.69, 9.17) is 18.4 Å². The van der Waals surface area contributed by atoms with E-state index in [1.165, 1.54) is 11.0 Å². The molecule has 0 fully saturated rings. The van der Waals surface area contributed by atoms with Crippen molar-refractivity contribution in [1.29, 1.82) is 0 Å². The largest absolute Gasteiger partial charge is 0.500 e. The lowest BCUT2D eigenvalue weighted by atomic mass is 10.6. The fourth-order valence-electron chi connectivity index (χ4n) is 0.966. The first-order valence-corrected chi connectivity index (χ1v) is 9.70. The van der Waals surface area contributed by atoms with Crippen LogP contribution in [0.5, 0.6) is 0 Å². The average Bonchev–Trinajstić information content (AvgIpc) is 2.24. The van der Waals surface area contributed by atoms with E-state index in [0.717, 1.165) is 18.2 Å². The summed E-state index contributed by atoms with van der Waals surface area (Å²) in [6.45, 7) is 0. The second kappa shape index (κ2) is 9.34. The Morgan fingerprint density at radius 2 is 1.71 bits per heavy atom. The second-order valence-electron chi connectivity index (χ2n) is 2.39. The van der Waals surface area contributed by atoms with Crippen molar-refractivity contribution < 1.29 is 13.3 Å². The molecule has 0 atom stereocenters. The van der Waals surface area contributed by atoms with Crippen LogP contribution in [0.4, 0.5) is 0 Å². The standard InChI is InChI=1S/C6H17NO3S3Si/c1-8-14(9-2,10-3)6-4-5-11-13-12-7/h4-7H2,1-3H3. The van der Waals surface area contributed by atoms with E-state index < -0.39 is 8.80 Å². The highest BCUT2D eigenvalue weighted by atomic mass is 33.5. The molecule has 14 heavy (non-hydrogen) atoms. The zero-order valence-electron chi connectivity index (χ0n) is 8.65. The van der Waals surface area contributed by atoms with E-state index in [1.54, 1.807) is 41.9 Å². The van der Waals surface area contributed by atoms with Crippen LogP contribution in [0.15, 0.2) is 0 Å². The molecule has 0 spiro atoms. The molecular weight excluding hydrogens is 258 g/mol. The third kappa shape index (κ3) is 5.86. The van der Waals surface area contributed by atoms with Gasteiger partial charge in [0.15, 0.2) is 0 Å². The molecule has 0 aliphatic rings. The fourth-order valence-corrected chi connectivity index (χ4v) is 5.17. The van der Waals surface area contributed by atoms with E-state index in [0.29, 0.717) is 0 Å². The minimum Gasteiger partial charge on any atom is -0.377 e. The lowest BCUT2D eigenvalue weighted by Crippen LogP contribution is -2.42. The van der Waals surface area contributed by atoms with Crippen LogP contribution in [0.2, 0.25) is 6.04 Å². The average molecular weight is 275 g/mol. The van der Waals surface area contributed by atoms with Gasteiger partial charge in [0.25, 0.3) is 0 Å². The molecule has 0 rings (SSSR count). The summed E-state index contributed by atoms with van der Waals surface area (Å²) in [6, 6.07) is 0.847. The van der Waals surface area contributed by atoms with E-state index in [-0.39, 0.29) is 0 Å². The minimum absolute atomic E-state index is 0.847. The Morgan fingerprint density at radius 1 is 1.14 bits per heavy atom. The summed E-state index contributed by atoms with van der Waals surface area (Å²) < 4.78 is 15.9. The van der Waals surface area contributed by atoms with Gasteiger partial charge in [-0.05, 0) is 27.2 Å². The van der Waals surface area contributed by atoms with Gasteiger partial charge in [0.05, 0.1) is 0 Å². The highest BCUT2D eigenvalue weighted by Crippen LogP contribution is 2.31. The van der Waals surface area contributed by atoms with Crippen molar-refractivity contribution in [2.24, 2.45) is 5.14 Å². The fraction of sp³-hybridized carbons (Fsp3) is 1.00. The second-order valence-corrected chi connectivity index (χ2v) is 9.37. The molecule has 0 saturated carbocycles. The van der Waals surface area contributed by atoms with Gasteiger partial charge >= 0.3 is 8.80 Å². The highest BCUT2D eigenvalue weighted by Gasteiger charge is 2.36. The number of rotatable bonds is 9. The molecule has 0 amide bonds. The zero-order chi connectivity index (χ0) is 10.9. The van der Waals surface area contributed by atoms with Crippen LogP contribution in [-0.4, -0.2) is 35.9 Å². The normalized spacial score (nSPS) is 12.0. The lowest BCUT2D eigenvalue weighted by molar-refractivity contribution is 0.123. The summed E-state index contributed by atoms with van der Waals surface area (Å²) in [5, 5.41) is 5.27. The predicted molar refractivity (Wildman–Crippen MR) is 68.0 cm³/mol. The van der Waals surface area contributed by atoms with Crippen LogP contribution in [0.3, 0.4) is 0 Å². The molecule has 8 heteroatoms. The summed E-state index contributed by atoms with van der Waals surface area (Å²) in [4.78, 5) is 0. The van der Waals surface area contributed by atoms with Gasteiger partial charge in [0.2, 0.25) is 0 Å². The maximum absolute atomic E-state index is 5.29. The van der Waals surface area contributed by atoms with Crippen molar-refractivity contribution in [3.05, 3.63) is 0 Å². The quantitative estimate of drug-likeness (QED) is 0.299. The molecule has 0 unspecified atom stereocenters. The van der Waals surface area contributed by atoms with Gasteiger partial charge in [-0.15, -0.1) is 0 Å². The lowest BCUT2D eigenvalue weighted by Gasteiger charge is -2.23.